The van der Waals surface area contributed by atoms with Crippen molar-refractivity contribution in [3.63, 3.8) is 0 Å². The second-order valence-corrected chi connectivity index (χ2v) is 4.42. The van der Waals surface area contributed by atoms with E-state index in [2.05, 4.69) is 10.3 Å². The van der Waals surface area contributed by atoms with Crippen molar-refractivity contribution in [3.8, 4) is 0 Å². The Kier molecular flexibility index (Phi) is 3.64. The fourth-order valence-corrected chi connectivity index (χ4v) is 2.02. The molecule has 0 radical (unpaired) electrons. The van der Waals surface area contributed by atoms with Gasteiger partial charge in [0.25, 0.3) is 11.6 Å². The van der Waals surface area contributed by atoms with Crippen molar-refractivity contribution >= 4 is 17.4 Å². The van der Waals surface area contributed by atoms with Crippen LogP contribution in [0.3, 0.4) is 0 Å². The number of hydrogen-bond donors (Lipinski definition) is 1. The predicted molar refractivity (Wildman–Crippen MR) is 70.2 cm³/mol. The minimum Gasteiger partial charge on any atom is -0.372 e. The van der Waals surface area contributed by atoms with Crippen molar-refractivity contribution in [2.24, 2.45) is 0 Å². The van der Waals surface area contributed by atoms with E-state index in [1.54, 1.807) is 11.9 Å². The van der Waals surface area contributed by atoms with Crippen molar-refractivity contribution in [1.82, 2.24) is 9.88 Å². The number of carbonyl (C=O) groups excluding carboxylic acids is 1. The number of nitrogens with one attached hydrogen (secondary N) is 1. The van der Waals surface area contributed by atoms with Crippen LogP contribution in [-0.4, -0.2) is 40.3 Å². The van der Waals surface area contributed by atoms with Gasteiger partial charge in [-0.2, -0.15) is 0 Å². The third-order valence-electron chi connectivity index (χ3n) is 3.14. The van der Waals surface area contributed by atoms with E-state index in [1.165, 1.54) is 6.07 Å². The SMILES string of the molecule is CCN(C(=O)c1cc([N+](=O)[O-])cnc1NC)C1CC1. The van der Waals surface area contributed by atoms with Crippen molar-refractivity contribution in [1.29, 1.82) is 0 Å². The van der Waals surface area contributed by atoms with Crippen molar-refractivity contribution in [2.75, 3.05) is 18.9 Å². The van der Waals surface area contributed by atoms with Crippen LogP contribution in [0.5, 0.6) is 0 Å². The van der Waals surface area contributed by atoms with Gasteiger partial charge < -0.3 is 10.2 Å². The summed E-state index contributed by atoms with van der Waals surface area (Å²) in [4.78, 5) is 28.3. The topological polar surface area (TPSA) is 88.4 Å². The maximum atomic E-state index is 12.4. The molecule has 1 aliphatic rings. The molecule has 2 rings (SSSR count). The van der Waals surface area contributed by atoms with E-state index in [-0.39, 0.29) is 23.2 Å². The second-order valence-electron chi connectivity index (χ2n) is 4.42. The van der Waals surface area contributed by atoms with Crippen LogP contribution in [0.15, 0.2) is 12.3 Å². The lowest BCUT2D eigenvalue weighted by Gasteiger charge is -2.21. The minimum absolute atomic E-state index is 0.172. The molecule has 1 aliphatic carbocycles. The monoisotopic (exact) mass is 264 g/mol. The molecule has 0 bridgehead atoms. The zero-order valence-corrected chi connectivity index (χ0v) is 10.9. The minimum atomic E-state index is -0.545. The largest absolute Gasteiger partial charge is 0.372 e. The van der Waals surface area contributed by atoms with Gasteiger partial charge in [0.2, 0.25) is 0 Å². The molecule has 19 heavy (non-hydrogen) atoms. The normalized spacial score (nSPS) is 14.0. The number of nitrogens with zero attached hydrogens (tertiary/aromatic N) is 3. The Balaban J connectivity index is 2.37. The highest BCUT2D eigenvalue weighted by Gasteiger charge is 2.33. The Labute approximate surface area is 110 Å². The fourth-order valence-electron chi connectivity index (χ4n) is 2.02. The Morgan fingerprint density at radius 3 is 2.79 bits per heavy atom. The maximum Gasteiger partial charge on any atom is 0.288 e. The van der Waals surface area contributed by atoms with E-state index >= 15 is 0 Å². The van der Waals surface area contributed by atoms with Crippen LogP contribution in [0, 0.1) is 10.1 Å². The number of anilines is 1. The molecule has 1 N–H and O–H groups in total. The molecule has 7 nitrogen and oxygen atoms in total. The third kappa shape index (κ3) is 2.64. The van der Waals surface area contributed by atoms with E-state index in [9.17, 15) is 14.9 Å². The first-order valence-electron chi connectivity index (χ1n) is 6.21. The molecule has 1 heterocycles. The first kappa shape index (κ1) is 13.3. The Hall–Kier alpha value is -2.18. The van der Waals surface area contributed by atoms with Gasteiger partial charge in [-0.1, -0.05) is 0 Å². The zero-order valence-electron chi connectivity index (χ0n) is 10.9. The van der Waals surface area contributed by atoms with Gasteiger partial charge >= 0.3 is 0 Å². The summed E-state index contributed by atoms with van der Waals surface area (Å²) in [6.45, 7) is 2.50. The molecule has 1 fully saturated rings. The molecular formula is C12H16N4O3. The van der Waals surface area contributed by atoms with Gasteiger partial charge in [-0.25, -0.2) is 4.98 Å². The smallest absolute Gasteiger partial charge is 0.288 e. The molecule has 0 saturated heterocycles. The predicted octanol–water partition coefficient (Wildman–Crippen LogP) is 1.66. The van der Waals surface area contributed by atoms with Crippen LogP contribution in [0.4, 0.5) is 11.5 Å². The molecule has 1 aromatic heterocycles. The first-order chi connectivity index (χ1) is 9.08. The molecule has 1 amide bonds. The number of nitro groups is 1. The van der Waals surface area contributed by atoms with Crippen LogP contribution >= 0.6 is 0 Å². The number of pyridine rings is 1. The Bertz CT molecular complexity index is 514. The van der Waals surface area contributed by atoms with Gasteiger partial charge in [0.15, 0.2) is 0 Å². The van der Waals surface area contributed by atoms with Crippen LogP contribution in [0.2, 0.25) is 0 Å². The lowest BCUT2D eigenvalue weighted by molar-refractivity contribution is -0.385. The summed E-state index contributed by atoms with van der Waals surface area (Å²) >= 11 is 0. The van der Waals surface area contributed by atoms with Gasteiger partial charge in [-0.3, -0.25) is 14.9 Å². The maximum absolute atomic E-state index is 12.4. The summed E-state index contributed by atoms with van der Waals surface area (Å²) in [5, 5.41) is 13.6. The lowest BCUT2D eigenvalue weighted by atomic mass is 10.2. The first-order valence-corrected chi connectivity index (χ1v) is 6.21. The van der Waals surface area contributed by atoms with E-state index in [0.717, 1.165) is 19.0 Å². The molecule has 0 aliphatic heterocycles. The summed E-state index contributed by atoms with van der Waals surface area (Å²) in [6.07, 6.45) is 3.14. The lowest BCUT2D eigenvalue weighted by Crippen LogP contribution is -2.33. The van der Waals surface area contributed by atoms with Gasteiger partial charge in [0.1, 0.15) is 12.0 Å². The van der Waals surface area contributed by atoms with Gasteiger partial charge in [0, 0.05) is 25.7 Å². The molecule has 102 valence electrons. The number of rotatable bonds is 5. The average molecular weight is 264 g/mol. The van der Waals surface area contributed by atoms with Crippen LogP contribution in [0.1, 0.15) is 30.1 Å². The quantitative estimate of drug-likeness (QED) is 0.645. The van der Waals surface area contributed by atoms with Crippen LogP contribution in [-0.2, 0) is 0 Å². The highest BCUT2D eigenvalue weighted by molar-refractivity contribution is 5.99. The summed E-state index contributed by atoms with van der Waals surface area (Å²) in [5.41, 5.74) is 0.0830. The molecular weight excluding hydrogens is 248 g/mol. The molecule has 1 saturated carbocycles. The fraction of sp³-hybridized carbons (Fsp3) is 0.500. The number of aromatic nitrogens is 1. The highest BCUT2D eigenvalue weighted by Crippen LogP contribution is 2.29. The zero-order chi connectivity index (χ0) is 14.0. The summed E-state index contributed by atoms with van der Waals surface area (Å²) in [7, 11) is 1.64. The third-order valence-corrected chi connectivity index (χ3v) is 3.14. The Morgan fingerprint density at radius 1 is 1.63 bits per heavy atom. The Morgan fingerprint density at radius 2 is 2.32 bits per heavy atom. The molecule has 0 atom stereocenters. The molecule has 0 aromatic carbocycles. The summed E-state index contributed by atoms with van der Waals surface area (Å²) in [6, 6.07) is 1.55. The second kappa shape index (κ2) is 5.21. The summed E-state index contributed by atoms with van der Waals surface area (Å²) in [5.74, 6) is 0.167. The average Bonchev–Trinajstić information content (AvgIpc) is 3.23. The standard InChI is InChI=1S/C12H16N4O3/c1-3-15(8-4-5-8)12(17)10-6-9(16(18)19)7-14-11(10)13-2/h6-8H,3-5H2,1-2H3,(H,13,14). The van der Waals surface area contributed by atoms with E-state index in [0.29, 0.717) is 12.4 Å². The van der Waals surface area contributed by atoms with Crippen LogP contribution < -0.4 is 5.32 Å². The molecule has 0 spiro atoms. The van der Waals surface area contributed by atoms with Crippen LogP contribution in [0.25, 0.3) is 0 Å². The van der Waals surface area contributed by atoms with Gasteiger partial charge in [-0.05, 0) is 19.8 Å². The van der Waals surface area contributed by atoms with E-state index in [1.807, 2.05) is 6.92 Å². The van der Waals surface area contributed by atoms with Crippen molar-refractivity contribution in [3.05, 3.63) is 27.9 Å². The molecule has 0 unspecified atom stereocenters. The van der Waals surface area contributed by atoms with E-state index < -0.39 is 4.92 Å². The van der Waals surface area contributed by atoms with Gasteiger partial charge in [-0.15, -0.1) is 0 Å². The number of hydrogen-bond acceptors (Lipinski definition) is 5. The summed E-state index contributed by atoms with van der Waals surface area (Å²) < 4.78 is 0. The van der Waals surface area contributed by atoms with Gasteiger partial charge in [0.05, 0.1) is 10.5 Å². The number of amides is 1. The number of carbonyl (C=O) groups is 1. The molecule has 7 heteroatoms. The van der Waals surface area contributed by atoms with Crippen molar-refractivity contribution in [2.45, 2.75) is 25.8 Å². The molecule has 1 aromatic rings. The van der Waals surface area contributed by atoms with Crippen molar-refractivity contribution < 1.29 is 9.72 Å². The highest BCUT2D eigenvalue weighted by atomic mass is 16.6. The van der Waals surface area contributed by atoms with E-state index in [4.69, 9.17) is 0 Å².